The summed E-state index contributed by atoms with van der Waals surface area (Å²) in [5.41, 5.74) is 0.421. The molecule has 0 saturated carbocycles. The van der Waals surface area contributed by atoms with Gasteiger partial charge in [-0.3, -0.25) is 4.79 Å². The Hall–Kier alpha value is -2.08. The summed E-state index contributed by atoms with van der Waals surface area (Å²) in [6.07, 6.45) is 1.28. The Morgan fingerprint density at radius 1 is 1.18 bits per heavy atom. The normalized spacial score (nSPS) is 16.6. The molecule has 1 aliphatic rings. The Bertz CT molecular complexity index is 1370. The van der Waals surface area contributed by atoms with Crippen molar-refractivity contribution >= 4 is 67.1 Å². The van der Waals surface area contributed by atoms with Crippen LogP contribution >= 0.6 is 34.8 Å². The lowest BCUT2D eigenvalue weighted by atomic mass is 10.2. The maximum absolute atomic E-state index is 13.7. The average molecular weight is 551 g/mol. The number of sulfone groups is 1. The van der Waals surface area contributed by atoms with Gasteiger partial charge in [-0.2, -0.15) is 0 Å². The predicted octanol–water partition coefficient (Wildman–Crippen LogP) is 4.17. The van der Waals surface area contributed by atoms with Crippen molar-refractivity contribution in [2.75, 3.05) is 33.3 Å². The summed E-state index contributed by atoms with van der Waals surface area (Å²) in [6, 6.07) is 7.77. The van der Waals surface area contributed by atoms with Crippen molar-refractivity contribution in [3.63, 3.8) is 0 Å². The second-order valence-corrected chi connectivity index (χ2v) is 12.0. The zero-order valence-corrected chi connectivity index (χ0v) is 20.8. The number of rotatable bonds is 4. The molecule has 1 saturated heterocycles. The van der Waals surface area contributed by atoms with Gasteiger partial charge >= 0.3 is 0 Å². The SMILES string of the molecule is COc1ccc(S(=O)(=O)c2c[nH]c3cc(F)ccc23)cc1[N+]1([O-])CCN(C(=O)C(Cl)(Cl)Cl)CC1. The van der Waals surface area contributed by atoms with Crippen LogP contribution < -0.4 is 9.38 Å². The van der Waals surface area contributed by atoms with Crippen LogP contribution in [-0.4, -0.2) is 61.3 Å². The molecule has 3 aromatic rings. The van der Waals surface area contributed by atoms with E-state index in [9.17, 15) is 22.8 Å². The van der Waals surface area contributed by atoms with Gasteiger partial charge in [0.1, 0.15) is 18.9 Å². The highest BCUT2D eigenvalue weighted by atomic mass is 35.6. The zero-order valence-electron chi connectivity index (χ0n) is 17.7. The molecular weight excluding hydrogens is 532 g/mol. The van der Waals surface area contributed by atoms with Crippen LogP contribution in [0.5, 0.6) is 5.75 Å². The largest absolute Gasteiger partial charge is 0.627 e. The van der Waals surface area contributed by atoms with Crippen LogP contribution in [0, 0.1) is 11.0 Å². The number of alkyl halides is 3. The van der Waals surface area contributed by atoms with Gasteiger partial charge in [0, 0.05) is 23.2 Å². The third kappa shape index (κ3) is 4.46. The first-order valence-electron chi connectivity index (χ1n) is 10.0. The van der Waals surface area contributed by atoms with Crippen LogP contribution in [0.25, 0.3) is 10.9 Å². The van der Waals surface area contributed by atoms with Gasteiger partial charge in [0.15, 0.2) is 11.4 Å². The van der Waals surface area contributed by atoms with Crippen molar-refractivity contribution in [3.8, 4) is 5.75 Å². The smallest absolute Gasteiger partial charge is 0.275 e. The number of fused-ring (bicyclic) bond motifs is 1. The molecule has 4 rings (SSSR count). The number of methoxy groups -OCH3 is 1. The van der Waals surface area contributed by atoms with Gasteiger partial charge < -0.3 is 24.5 Å². The molecule has 0 radical (unpaired) electrons. The summed E-state index contributed by atoms with van der Waals surface area (Å²) in [7, 11) is -2.70. The molecule has 0 bridgehead atoms. The first-order valence-corrected chi connectivity index (χ1v) is 12.6. The van der Waals surface area contributed by atoms with Crippen LogP contribution in [0.1, 0.15) is 0 Å². The predicted molar refractivity (Wildman–Crippen MR) is 128 cm³/mol. The summed E-state index contributed by atoms with van der Waals surface area (Å²) < 4.78 is 42.6. The van der Waals surface area contributed by atoms with Crippen molar-refractivity contribution in [2.24, 2.45) is 0 Å². The number of piperazine rings is 1. The first-order chi connectivity index (χ1) is 15.9. The van der Waals surface area contributed by atoms with Crippen molar-refractivity contribution in [2.45, 2.75) is 13.6 Å². The first kappa shape index (κ1) is 25.0. The van der Waals surface area contributed by atoms with Crippen LogP contribution in [-0.2, 0) is 14.6 Å². The minimum absolute atomic E-state index is 0.00435. The topological polar surface area (TPSA) is 103 Å². The van der Waals surface area contributed by atoms with Crippen molar-refractivity contribution in [3.05, 3.63) is 53.6 Å². The third-order valence-electron chi connectivity index (χ3n) is 5.79. The van der Waals surface area contributed by atoms with Gasteiger partial charge in [-0.15, -0.1) is 0 Å². The number of hydrogen-bond acceptors (Lipinski definition) is 5. The minimum Gasteiger partial charge on any atom is -0.627 e. The molecule has 0 atom stereocenters. The summed E-state index contributed by atoms with van der Waals surface area (Å²) in [5.74, 6) is -1.03. The zero-order chi connectivity index (χ0) is 24.9. The number of amides is 1. The van der Waals surface area contributed by atoms with Crippen LogP contribution in [0.2, 0.25) is 0 Å². The fourth-order valence-electron chi connectivity index (χ4n) is 3.99. The quantitative estimate of drug-likeness (QED) is 0.298. The molecule has 8 nitrogen and oxygen atoms in total. The Balaban J connectivity index is 1.70. The van der Waals surface area contributed by atoms with Gasteiger partial charge in [-0.1, -0.05) is 34.8 Å². The van der Waals surface area contributed by atoms with E-state index in [1.54, 1.807) is 0 Å². The number of halogens is 4. The fourth-order valence-corrected chi connectivity index (χ4v) is 5.80. The number of H-pyrrole nitrogens is 1. The molecule has 0 spiro atoms. The lowest BCUT2D eigenvalue weighted by Crippen LogP contribution is -2.59. The van der Waals surface area contributed by atoms with E-state index in [1.807, 2.05) is 0 Å². The van der Waals surface area contributed by atoms with Crippen LogP contribution in [0.3, 0.4) is 0 Å². The number of aromatic amines is 1. The second-order valence-electron chi connectivity index (χ2n) is 7.81. The second kappa shape index (κ2) is 8.85. The minimum atomic E-state index is -4.07. The van der Waals surface area contributed by atoms with Crippen molar-refractivity contribution in [1.29, 1.82) is 0 Å². The van der Waals surface area contributed by atoms with Gasteiger partial charge in [0.05, 0.1) is 30.0 Å². The summed E-state index contributed by atoms with van der Waals surface area (Å²) in [6.45, 7) is -0.188. The molecule has 2 heterocycles. The lowest BCUT2D eigenvalue weighted by molar-refractivity contribution is -0.131. The van der Waals surface area contributed by atoms with Gasteiger partial charge in [0.25, 0.3) is 9.70 Å². The van der Waals surface area contributed by atoms with E-state index in [4.69, 9.17) is 39.5 Å². The van der Waals surface area contributed by atoms with Crippen molar-refractivity contribution < 1.29 is 22.3 Å². The fraction of sp³-hybridized carbons (Fsp3) is 0.286. The van der Waals surface area contributed by atoms with Gasteiger partial charge in [-0.25, -0.2) is 12.8 Å². The molecule has 0 unspecified atom stereocenters. The number of carbonyl (C=O) groups is 1. The highest BCUT2D eigenvalue weighted by Crippen LogP contribution is 2.39. The number of nitrogens with zero attached hydrogens (tertiary/aromatic N) is 2. The number of quaternary nitrogens is 1. The Labute approximate surface area is 209 Å². The van der Waals surface area contributed by atoms with E-state index in [0.29, 0.717) is 10.9 Å². The van der Waals surface area contributed by atoms with Crippen LogP contribution in [0.4, 0.5) is 10.1 Å². The van der Waals surface area contributed by atoms with E-state index in [2.05, 4.69) is 4.98 Å². The van der Waals surface area contributed by atoms with E-state index in [-0.39, 0.29) is 47.4 Å². The summed E-state index contributed by atoms with van der Waals surface area (Å²) in [5, 5.41) is 14.0. The molecule has 13 heteroatoms. The van der Waals surface area contributed by atoms with E-state index < -0.39 is 30.0 Å². The maximum Gasteiger partial charge on any atom is 0.275 e. The number of nitrogens with one attached hydrogen (secondary N) is 1. The van der Waals surface area contributed by atoms with E-state index in [1.165, 1.54) is 54.6 Å². The molecule has 1 fully saturated rings. The lowest BCUT2D eigenvalue weighted by Gasteiger charge is -2.48. The summed E-state index contributed by atoms with van der Waals surface area (Å²) in [4.78, 5) is 16.1. The summed E-state index contributed by atoms with van der Waals surface area (Å²) >= 11 is 17.0. The Morgan fingerprint density at radius 2 is 1.85 bits per heavy atom. The van der Waals surface area contributed by atoms with E-state index in [0.717, 1.165) is 0 Å². The Morgan fingerprint density at radius 3 is 2.47 bits per heavy atom. The molecule has 2 aromatic carbocycles. The van der Waals surface area contributed by atoms with Gasteiger partial charge in [-0.05, 0) is 30.3 Å². The molecule has 0 aliphatic carbocycles. The molecule has 182 valence electrons. The average Bonchev–Trinajstić information content (AvgIpc) is 3.22. The highest BCUT2D eigenvalue weighted by molar-refractivity contribution is 7.91. The number of carbonyl (C=O) groups excluding carboxylic acids is 1. The number of aromatic nitrogens is 1. The number of hydrogen-bond donors (Lipinski definition) is 1. The number of ether oxygens (including phenoxy) is 1. The maximum atomic E-state index is 13.7. The molecule has 1 aliphatic heterocycles. The third-order valence-corrected chi connectivity index (χ3v) is 8.06. The van der Waals surface area contributed by atoms with Crippen molar-refractivity contribution in [1.82, 2.24) is 14.5 Å². The monoisotopic (exact) mass is 549 g/mol. The highest BCUT2D eigenvalue weighted by Gasteiger charge is 2.40. The standard InChI is InChI=1S/C21H19Cl3FN3O5S/c1-33-18-5-3-14(34(31,32)19-12-26-16-10-13(25)2-4-15(16)19)11-17(18)28(30)8-6-27(7-9-28)20(29)21(22,23)24/h2-5,10-12,26H,6-9H2,1H3. The molecule has 34 heavy (non-hydrogen) atoms. The van der Waals surface area contributed by atoms with E-state index >= 15 is 0 Å². The molecule has 1 amide bonds. The molecular formula is C21H19Cl3FN3O5S. The molecule has 1 N–H and O–H groups in total. The van der Waals surface area contributed by atoms with Gasteiger partial charge in [0.2, 0.25) is 9.84 Å². The molecule has 1 aromatic heterocycles. The van der Waals surface area contributed by atoms with Crippen LogP contribution in [0.15, 0.2) is 52.4 Å². The number of benzene rings is 2. The Kier molecular flexibility index (Phi) is 6.52. The number of hydroxylamine groups is 2.